The Hall–Kier alpha value is -5.07. The molecule has 3 rings (SSSR count). The largest absolute Gasteiger partial charge is 0.493 e. The number of nitrogens with zero attached hydrogens (tertiary/aromatic N) is 4. The number of rotatable bonds is 10. The number of ether oxygens (including phenoxy) is 2. The molecule has 0 fully saturated rings. The van der Waals surface area contributed by atoms with Crippen molar-refractivity contribution in [3.63, 3.8) is 0 Å². The van der Waals surface area contributed by atoms with Crippen molar-refractivity contribution in [3.05, 3.63) is 102 Å². The van der Waals surface area contributed by atoms with Gasteiger partial charge in [0.05, 0.1) is 34.2 Å². The Kier molecular flexibility index (Phi) is 7.28. The Morgan fingerprint density at radius 1 is 0.912 bits per heavy atom. The predicted molar refractivity (Wildman–Crippen MR) is 121 cm³/mol. The average Bonchev–Trinajstić information content (AvgIpc) is 2.83. The zero-order valence-corrected chi connectivity index (χ0v) is 17.6. The van der Waals surface area contributed by atoms with Crippen molar-refractivity contribution in [1.29, 1.82) is 0 Å². The van der Waals surface area contributed by atoms with Crippen LogP contribution in [0.3, 0.4) is 0 Å². The molecule has 3 aromatic rings. The maximum Gasteiger partial charge on any atom is 0.301 e. The van der Waals surface area contributed by atoms with Crippen LogP contribution in [0.5, 0.6) is 11.5 Å². The molecule has 3 aromatic carbocycles. The zero-order valence-electron chi connectivity index (χ0n) is 17.6. The molecule has 13 nitrogen and oxygen atoms in total. The Balaban J connectivity index is 1.80. The number of anilines is 1. The SMILES string of the molecule is COc1cccc(/C=N/Nc2ccc([N+](=O)[O-])cc2[N+](=O)[O-])c1OCc1ccc([N+](=O)[O-])cc1. The first-order valence-electron chi connectivity index (χ1n) is 9.55. The lowest BCUT2D eigenvalue weighted by atomic mass is 10.2. The summed E-state index contributed by atoms with van der Waals surface area (Å²) in [6.45, 7) is 0.0838. The standard InChI is InChI=1S/C21H17N5O8/c1-33-20-4-2-3-15(21(20)34-13-14-5-7-16(8-6-14)24(27)28)12-22-23-18-10-9-17(25(29)30)11-19(18)26(31)32/h2-12,23H,13H2,1H3/b22-12+. The molecule has 1 N–H and O–H groups in total. The van der Waals surface area contributed by atoms with E-state index in [1.807, 2.05) is 0 Å². The highest BCUT2D eigenvalue weighted by Crippen LogP contribution is 2.32. The molecule has 0 bridgehead atoms. The van der Waals surface area contributed by atoms with Crippen molar-refractivity contribution in [3.8, 4) is 11.5 Å². The number of para-hydroxylation sites is 1. The molecule has 13 heteroatoms. The van der Waals surface area contributed by atoms with Crippen molar-refractivity contribution >= 4 is 29.0 Å². The quantitative estimate of drug-likeness (QED) is 0.257. The van der Waals surface area contributed by atoms with Crippen LogP contribution in [-0.2, 0) is 6.61 Å². The molecule has 0 radical (unpaired) electrons. The summed E-state index contributed by atoms with van der Waals surface area (Å²) in [5.74, 6) is 0.722. The van der Waals surface area contributed by atoms with Gasteiger partial charge in [0.25, 0.3) is 11.4 Å². The summed E-state index contributed by atoms with van der Waals surface area (Å²) in [6, 6.07) is 14.0. The predicted octanol–water partition coefficient (Wildman–Crippen LogP) is 4.44. The van der Waals surface area contributed by atoms with Gasteiger partial charge in [-0.3, -0.25) is 35.8 Å². The molecule has 0 saturated heterocycles. The van der Waals surface area contributed by atoms with E-state index in [2.05, 4.69) is 10.5 Å². The van der Waals surface area contributed by atoms with E-state index < -0.39 is 26.1 Å². The summed E-state index contributed by atoms with van der Waals surface area (Å²) in [6.07, 6.45) is 1.35. The summed E-state index contributed by atoms with van der Waals surface area (Å²) >= 11 is 0. The normalized spacial score (nSPS) is 10.6. The second-order valence-electron chi connectivity index (χ2n) is 6.68. The van der Waals surface area contributed by atoms with Gasteiger partial charge in [0.2, 0.25) is 0 Å². The van der Waals surface area contributed by atoms with Gasteiger partial charge < -0.3 is 9.47 Å². The second-order valence-corrected chi connectivity index (χ2v) is 6.68. The molecular formula is C21H17N5O8. The third-order valence-corrected chi connectivity index (χ3v) is 4.54. The van der Waals surface area contributed by atoms with Crippen LogP contribution >= 0.6 is 0 Å². The van der Waals surface area contributed by atoms with E-state index in [9.17, 15) is 30.3 Å². The van der Waals surface area contributed by atoms with E-state index >= 15 is 0 Å². The number of hydrogen-bond donors (Lipinski definition) is 1. The molecule has 0 unspecified atom stereocenters. The highest BCUT2D eigenvalue weighted by Gasteiger charge is 2.19. The highest BCUT2D eigenvalue weighted by atomic mass is 16.6. The number of methoxy groups -OCH3 is 1. The van der Waals surface area contributed by atoms with E-state index in [1.165, 1.54) is 31.5 Å². The summed E-state index contributed by atoms with van der Waals surface area (Å²) in [7, 11) is 1.45. The van der Waals surface area contributed by atoms with Gasteiger partial charge in [0.1, 0.15) is 12.3 Å². The van der Waals surface area contributed by atoms with Gasteiger partial charge in [0.15, 0.2) is 11.5 Å². The van der Waals surface area contributed by atoms with Crippen LogP contribution in [0.2, 0.25) is 0 Å². The summed E-state index contributed by atoms with van der Waals surface area (Å²) in [5, 5.41) is 36.9. The number of nitro benzene ring substituents is 3. The van der Waals surface area contributed by atoms with E-state index in [4.69, 9.17) is 9.47 Å². The molecule has 0 spiro atoms. The van der Waals surface area contributed by atoms with Gasteiger partial charge in [-0.05, 0) is 35.9 Å². The third kappa shape index (κ3) is 5.59. The van der Waals surface area contributed by atoms with E-state index in [-0.39, 0.29) is 18.0 Å². The van der Waals surface area contributed by atoms with Crippen molar-refractivity contribution in [2.75, 3.05) is 12.5 Å². The lowest BCUT2D eigenvalue weighted by Gasteiger charge is -2.13. The molecule has 0 aliphatic heterocycles. The van der Waals surface area contributed by atoms with Crippen LogP contribution in [0.25, 0.3) is 0 Å². The third-order valence-electron chi connectivity index (χ3n) is 4.54. The van der Waals surface area contributed by atoms with Gasteiger partial charge in [-0.15, -0.1) is 0 Å². The molecule has 0 aliphatic rings. The molecule has 0 aromatic heterocycles. The van der Waals surface area contributed by atoms with Gasteiger partial charge in [-0.1, -0.05) is 6.07 Å². The highest BCUT2D eigenvalue weighted by molar-refractivity contribution is 5.85. The molecule has 0 heterocycles. The van der Waals surface area contributed by atoms with Crippen molar-refractivity contribution < 1.29 is 24.2 Å². The van der Waals surface area contributed by atoms with E-state index in [0.717, 1.165) is 12.1 Å². The van der Waals surface area contributed by atoms with Crippen LogP contribution in [0.4, 0.5) is 22.7 Å². The first kappa shape index (κ1) is 23.6. The lowest BCUT2D eigenvalue weighted by Crippen LogP contribution is -2.02. The number of nitrogens with one attached hydrogen (secondary N) is 1. The fourth-order valence-electron chi connectivity index (χ4n) is 2.87. The van der Waals surface area contributed by atoms with E-state index in [0.29, 0.717) is 22.6 Å². The zero-order chi connectivity index (χ0) is 24.7. The average molecular weight is 467 g/mol. The Bertz CT molecular complexity index is 1260. The number of non-ortho nitro benzene ring substituents is 2. The molecule has 34 heavy (non-hydrogen) atoms. The van der Waals surface area contributed by atoms with Crippen LogP contribution < -0.4 is 14.9 Å². The minimum Gasteiger partial charge on any atom is -0.493 e. The first-order chi connectivity index (χ1) is 16.3. The number of nitro groups is 3. The molecule has 0 aliphatic carbocycles. The molecular weight excluding hydrogens is 450 g/mol. The monoisotopic (exact) mass is 467 g/mol. The number of hydrazone groups is 1. The van der Waals surface area contributed by atoms with Crippen LogP contribution in [0.1, 0.15) is 11.1 Å². The molecule has 174 valence electrons. The maximum absolute atomic E-state index is 11.3. The topological polar surface area (TPSA) is 172 Å². The van der Waals surface area contributed by atoms with Crippen LogP contribution in [-0.4, -0.2) is 28.1 Å². The summed E-state index contributed by atoms with van der Waals surface area (Å²) < 4.78 is 11.2. The Morgan fingerprint density at radius 3 is 2.21 bits per heavy atom. The molecule has 0 atom stereocenters. The van der Waals surface area contributed by atoms with Gasteiger partial charge in [0, 0.05) is 23.8 Å². The van der Waals surface area contributed by atoms with Gasteiger partial charge in [-0.25, -0.2) is 0 Å². The van der Waals surface area contributed by atoms with Crippen molar-refractivity contribution in [2.24, 2.45) is 5.10 Å². The lowest BCUT2D eigenvalue weighted by molar-refractivity contribution is -0.393. The second kappa shape index (κ2) is 10.5. The Labute approximate surface area is 191 Å². The number of hydrogen-bond acceptors (Lipinski definition) is 10. The molecule has 0 saturated carbocycles. The van der Waals surface area contributed by atoms with Crippen molar-refractivity contribution in [2.45, 2.75) is 6.61 Å². The first-order valence-corrected chi connectivity index (χ1v) is 9.55. The molecule has 0 amide bonds. The van der Waals surface area contributed by atoms with Gasteiger partial charge in [-0.2, -0.15) is 5.10 Å². The smallest absolute Gasteiger partial charge is 0.301 e. The van der Waals surface area contributed by atoms with Crippen LogP contribution in [0.15, 0.2) is 65.8 Å². The fourth-order valence-corrected chi connectivity index (χ4v) is 2.87. The van der Waals surface area contributed by atoms with E-state index in [1.54, 1.807) is 30.3 Å². The summed E-state index contributed by atoms with van der Waals surface area (Å²) in [4.78, 5) is 30.9. The Morgan fingerprint density at radius 2 is 1.59 bits per heavy atom. The maximum atomic E-state index is 11.3. The van der Waals surface area contributed by atoms with Gasteiger partial charge >= 0.3 is 5.69 Å². The summed E-state index contributed by atoms with van der Waals surface area (Å²) in [5.41, 5.74) is 2.65. The number of benzene rings is 3. The fraction of sp³-hybridized carbons (Fsp3) is 0.0952. The van der Waals surface area contributed by atoms with Crippen molar-refractivity contribution in [1.82, 2.24) is 0 Å². The van der Waals surface area contributed by atoms with Crippen LogP contribution in [0, 0.1) is 30.3 Å². The minimum atomic E-state index is -0.755. The minimum absolute atomic E-state index is 0.0388.